The Kier molecular flexibility index (Phi) is 6.15. The molecule has 0 spiro atoms. The van der Waals surface area contributed by atoms with Gasteiger partial charge in [-0.25, -0.2) is 8.78 Å². The lowest BCUT2D eigenvalue weighted by Crippen LogP contribution is -2.43. The zero-order valence-electron chi connectivity index (χ0n) is 17.3. The van der Waals surface area contributed by atoms with E-state index in [-0.39, 0.29) is 5.56 Å². The average molecular weight is 429 g/mol. The van der Waals surface area contributed by atoms with Crippen LogP contribution in [-0.2, 0) is 4.79 Å². The number of aromatic nitrogens is 2. The zero-order chi connectivity index (χ0) is 22.8. The first-order valence-electron chi connectivity index (χ1n) is 9.53. The summed E-state index contributed by atoms with van der Waals surface area (Å²) in [6.45, 7) is 4.11. The standard InChI is InChI=1S/C21H21F2N5O3/c1-12(19-13(2)27-31-14(19)3)6-15-9-25-5-4-17(15)20(30)26-10-18(29)28-11-21(22,23)7-16(28)8-24/h4-6,9,16H,7,10-11H2,1-3H3,(H,26,30). The largest absolute Gasteiger partial charge is 0.361 e. The molecule has 1 saturated heterocycles. The Balaban J connectivity index is 1.74. The summed E-state index contributed by atoms with van der Waals surface area (Å²) >= 11 is 0. The number of pyridine rings is 1. The van der Waals surface area contributed by atoms with Crippen LogP contribution in [0.2, 0.25) is 0 Å². The summed E-state index contributed by atoms with van der Waals surface area (Å²) in [6, 6.07) is 1.99. The van der Waals surface area contributed by atoms with Gasteiger partial charge >= 0.3 is 0 Å². The van der Waals surface area contributed by atoms with Crippen molar-refractivity contribution in [1.29, 1.82) is 5.26 Å². The van der Waals surface area contributed by atoms with E-state index in [0.29, 0.717) is 17.0 Å². The monoisotopic (exact) mass is 429 g/mol. The Morgan fingerprint density at radius 1 is 1.45 bits per heavy atom. The maximum absolute atomic E-state index is 13.5. The first-order valence-corrected chi connectivity index (χ1v) is 9.53. The molecule has 2 aromatic rings. The summed E-state index contributed by atoms with van der Waals surface area (Å²) in [7, 11) is 0. The van der Waals surface area contributed by atoms with Crippen LogP contribution in [0.4, 0.5) is 8.78 Å². The first kappa shape index (κ1) is 22.1. The molecule has 1 aliphatic rings. The molecule has 0 radical (unpaired) electrons. The van der Waals surface area contributed by atoms with Crippen molar-refractivity contribution in [2.75, 3.05) is 13.1 Å². The molecule has 1 unspecified atom stereocenters. The van der Waals surface area contributed by atoms with Gasteiger partial charge in [0.25, 0.3) is 11.8 Å². The molecule has 1 fully saturated rings. The quantitative estimate of drug-likeness (QED) is 0.782. The van der Waals surface area contributed by atoms with Gasteiger partial charge in [0, 0.05) is 35.5 Å². The van der Waals surface area contributed by atoms with E-state index in [9.17, 15) is 18.4 Å². The van der Waals surface area contributed by atoms with Crippen LogP contribution in [0.5, 0.6) is 0 Å². The van der Waals surface area contributed by atoms with Crippen molar-refractivity contribution in [2.45, 2.75) is 39.2 Å². The molecule has 2 amide bonds. The van der Waals surface area contributed by atoms with Crippen molar-refractivity contribution in [3.63, 3.8) is 0 Å². The Labute approximate surface area is 177 Å². The fourth-order valence-corrected chi connectivity index (χ4v) is 3.63. The Bertz CT molecular complexity index is 1070. The molecule has 0 bridgehead atoms. The van der Waals surface area contributed by atoms with Crippen molar-refractivity contribution < 1.29 is 22.9 Å². The minimum Gasteiger partial charge on any atom is -0.361 e. The van der Waals surface area contributed by atoms with Crippen molar-refractivity contribution in [1.82, 2.24) is 20.4 Å². The van der Waals surface area contributed by atoms with E-state index in [1.165, 1.54) is 18.5 Å². The van der Waals surface area contributed by atoms with Gasteiger partial charge in [0.05, 0.1) is 24.9 Å². The van der Waals surface area contributed by atoms with E-state index in [4.69, 9.17) is 9.78 Å². The van der Waals surface area contributed by atoms with E-state index < -0.39 is 43.3 Å². The molecule has 8 nitrogen and oxygen atoms in total. The number of hydrogen-bond donors (Lipinski definition) is 1. The number of halogens is 2. The normalized spacial score (nSPS) is 18.0. The van der Waals surface area contributed by atoms with Crippen molar-refractivity contribution >= 4 is 23.5 Å². The molecular formula is C21H21F2N5O3. The van der Waals surface area contributed by atoms with E-state index in [0.717, 1.165) is 16.0 Å². The second-order valence-electron chi connectivity index (χ2n) is 7.40. The molecule has 0 aliphatic carbocycles. The molecule has 3 heterocycles. The van der Waals surface area contributed by atoms with Crippen LogP contribution >= 0.6 is 0 Å². The maximum atomic E-state index is 13.5. The number of nitrogens with one attached hydrogen (secondary N) is 1. The molecule has 1 N–H and O–H groups in total. The maximum Gasteiger partial charge on any atom is 0.268 e. The number of allylic oxidation sites excluding steroid dienone is 1. The van der Waals surface area contributed by atoms with Crippen LogP contribution in [0.3, 0.4) is 0 Å². The van der Waals surface area contributed by atoms with Gasteiger partial charge in [-0.2, -0.15) is 5.26 Å². The van der Waals surface area contributed by atoms with Crippen LogP contribution in [0, 0.1) is 25.2 Å². The fraction of sp³-hybridized carbons (Fsp3) is 0.381. The highest BCUT2D eigenvalue weighted by Crippen LogP contribution is 2.31. The summed E-state index contributed by atoms with van der Waals surface area (Å²) in [5.74, 6) is -3.77. The van der Waals surface area contributed by atoms with Gasteiger partial charge in [-0.15, -0.1) is 0 Å². The summed E-state index contributed by atoms with van der Waals surface area (Å²) in [5.41, 5.74) is 3.11. The lowest BCUT2D eigenvalue weighted by molar-refractivity contribution is -0.131. The van der Waals surface area contributed by atoms with Crippen molar-refractivity contribution in [3.05, 3.63) is 46.6 Å². The van der Waals surface area contributed by atoms with Gasteiger partial charge in [-0.05, 0) is 38.5 Å². The highest BCUT2D eigenvalue weighted by molar-refractivity contribution is 6.01. The van der Waals surface area contributed by atoms with E-state index in [1.54, 1.807) is 19.1 Å². The highest BCUT2D eigenvalue weighted by Gasteiger charge is 2.47. The van der Waals surface area contributed by atoms with Gasteiger partial charge in [0.15, 0.2) is 0 Å². The van der Waals surface area contributed by atoms with Gasteiger partial charge in [-0.3, -0.25) is 14.6 Å². The third kappa shape index (κ3) is 4.77. The summed E-state index contributed by atoms with van der Waals surface area (Å²) < 4.78 is 32.3. The number of carbonyl (C=O) groups excluding carboxylic acids is 2. The zero-order valence-corrected chi connectivity index (χ0v) is 17.3. The number of aryl methyl sites for hydroxylation is 2. The van der Waals surface area contributed by atoms with Gasteiger partial charge < -0.3 is 14.7 Å². The molecular weight excluding hydrogens is 408 g/mol. The number of alkyl halides is 2. The Morgan fingerprint density at radius 2 is 2.19 bits per heavy atom. The molecule has 1 atom stereocenters. The second kappa shape index (κ2) is 8.63. The predicted octanol–water partition coefficient (Wildman–Crippen LogP) is 2.74. The third-order valence-corrected chi connectivity index (χ3v) is 5.04. The average Bonchev–Trinajstić information content (AvgIpc) is 3.23. The number of likely N-dealkylation sites (tertiary alicyclic amines) is 1. The first-order chi connectivity index (χ1) is 14.6. The predicted molar refractivity (Wildman–Crippen MR) is 107 cm³/mol. The lowest BCUT2D eigenvalue weighted by atomic mass is 10.0. The molecule has 3 rings (SSSR count). The fourth-order valence-electron chi connectivity index (χ4n) is 3.63. The minimum atomic E-state index is -3.11. The number of nitriles is 1. The number of nitrogens with zero attached hydrogens (tertiary/aromatic N) is 4. The van der Waals surface area contributed by atoms with Crippen molar-refractivity contribution in [3.8, 4) is 6.07 Å². The Morgan fingerprint density at radius 3 is 2.84 bits per heavy atom. The lowest BCUT2D eigenvalue weighted by Gasteiger charge is -2.19. The third-order valence-electron chi connectivity index (χ3n) is 5.04. The van der Waals surface area contributed by atoms with Crippen LogP contribution in [-0.4, -0.2) is 51.9 Å². The van der Waals surface area contributed by atoms with Crippen LogP contribution < -0.4 is 5.32 Å². The molecule has 0 aromatic carbocycles. The van der Waals surface area contributed by atoms with Crippen LogP contribution in [0.1, 0.15) is 46.3 Å². The molecule has 10 heteroatoms. The number of hydrogen-bond acceptors (Lipinski definition) is 6. The molecule has 31 heavy (non-hydrogen) atoms. The molecule has 0 saturated carbocycles. The van der Waals surface area contributed by atoms with Crippen LogP contribution in [0.15, 0.2) is 23.0 Å². The highest BCUT2D eigenvalue weighted by atomic mass is 19.3. The second-order valence-corrected chi connectivity index (χ2v) is 7.40. The Hall–Kier alpha value is -3.61. The van der Waals surface area contributed by atoms with Gasteiger partial charge in [0.1, 0.15) is 11.8 Å². The minimum absolute atomic E-state index is 0.262. The SMILES string of the molecule is CC(=Cc1cnccc1C(=O)NCC(=O)N1CC(F)(F)CC1C#N)c1c(C)noc1C. The smallest absolute Gasteiger partial charge is 0.268 e. The number of rotatable bonds is 5. The van der Waals surface area contributed by atoms with Crippen LogP contribution in [0.25, 0.3) is 11.6 Å². The van der Waals surface area contributed by atoms with E-state index >= 15 is 0 Å². The summed E-state index contributed by atoms with van der Waals surface area (Å²) in [4.78, 5) is 29.8. The van der Waals surface area contributed by atoms with Crippen molar-refractivity contribution in [2.24, 2.45) is 0 Å². The van der Waals surface area contributed by atoms with E-state index in [2.05, 4.69) is 15.5 Å². The topological polar surface area (TPSA) is 112 Å². The molecule has 2 aromatic heterocycles. The number of amides is 2. The number of carbonyl (C=O) groups is 2. The summed E-state index contributed by atoms with van der Waals surface area (Å²) in [6.07, 6.45) is 3.99. The van der Waals surface area contributed by atoms with Gasteiger partial charge in [0.2, 0.25) is 5.91 Å². The molecule has 1 aliphatic heterocycles. The van der Waals surface area contributed by atoms with Gasteiger partial charge in [-0.1, -0.05) is 5.16 Å². The molecule has 162 valence electrons. The summed E-state index contributed by atoms with van der Waals surface area (Å²) in [5, 5.41) is 15.4. The van der Waals surface area contributed by atoms with E-state index in [1.807, 2.05) is 13.8 Å².